The Labute approximate surface area is 64.9 Å². The molecule has 0 unspecified atom stereocenters. The van der Waals surface area contributed by atoms with Crippen LogP contribution >= 0.6 is 0 Å². The van der Waals surface area contributed by atoms with Gasteiger partial charge in [0.1, 0.15) is 0 Å². The predicted molar refractivity (Wildman–Crippen MR) is 36.8 cm³/mol. The Hall–Kier alpha value is -0.200. The van der Waals surface area contributed by atoms with Crippen LogP contribution in [-0.2, 0) is 4.74 Å². The van der Waals surface area contributed by atoms with Crippen LogP contribution in [0.1, 0.15) is 6.42 Å². The average molecular weight is 166 g/mol. The summed E-state index contributed by atoms with van der Waals surface area (Å²) in [4.78, 5) is 0. The molecule has 11 heavy (non-hydrogen) atoms. The zero-order chi connectivity index (χ0) is 8.74. The zero-order valence-electron chi connectivity index (χ0n) is 6.23. The lowest BCUT2D eigenvalue weighted by Gasteiger charge is -2.23. The van der Waals surface area contributed by atoms with Crippen LogP contribution in [0.2, 0.25) is 0 Å². The zero-order valence-corrected chi connectivity index (χ0v) is 6.23. The Bertz CT molecular complexity index is 91.0. The predicted octanol–water partition coefficient (Wildman–Crippen LogP) is -1.94. The molecule has 0 aliphatic heterocycles. The van der Waals surface area contributed by atoms with Gasteiger partial charge >= 0.3 is 0 Å². The average Bonchev–Trinajstić information content (AvgIpc) is 2.05. The topological polar surface area (TPSA) is 90.2 Å². The lowest BCUT2D eigenvalue weighted by Crippen LogP contribution is -2.40. The van der Waals surface area contributed by atoms with Gasteiger partial charge in [0.15, 0.2) is 0 Å². The highest BCUT2D eigenvalue weighted by molar-refractivity contribution is 4.62. The van der Waals surface area contributed by atoms with Crippen LogP contribution in [0, 0.1) is 0 Å². The van der Waals surface area contributed by atoms with E-state index in [0.717, 1.165) is 0 Å². The van der Waals surface area contributed by atoms with Crippen molar-refractivity contribution in [2.75, 3.05) is 26.4 Å². The van der Waals surface area contributed by atoms with E-state index in [1.54, 1.807) is 0 Å². The van der Waals surface area contributed by atoms with Crippen LogP contribution in [0.25, 0.3) is 0 Å². The lowest BCUT2D eigenvalue weighted by molar-refractivity contribution is -0.243. The van der Waals surface area contributed by atoms with E-state index >= 15 is 0 Å². The minimum atomic E-state index is -1.87. The first-order valence-electron chi connectivity index (χ1n) is 3.37. The van der Waals surface area contributed by atoms with Gasteiger partial charge in [-0.15, -0.1) is 0 Å². The second kappa shape index (κ2) is 5.45. The van der Waals surface area contributed by atoms with E-state index in [1.165, 1.54) is 0 Å². The summed E-state index contributed by atoms with van der Waals surface area (Å²) in [5.74, 6) is -1.87. The fourth-order valence-corrected chi connectivity index (χ4v) is 0.468. The Morgan fingerprint density at radius 1 is 1.09 bits per heavy atom. The van der Waals surface area contributed by atoms with Gasteiger partial charge in [0.05, 0.1) is 19.8 Å². The van der Waals surface area contributed by atoms with E-state index in [9.17, 15) is 0 Å². The summed E-state index contributed by atoms with van der Waals surface area (Å²) in [6.45, 7) is -1.26. The summed E-state index contributed by atoms with van der Waals surface area (Å²) in [6.07, 6.45) is 0.363. The van der Waals surface area contributed by atoms with Crippen LogP contribution in [0.5, 0.6) is 0 Å². The number of aliphatic hydroxyl groups is 4. The van der Waals surface area contributed by atoms with Gasteiger partial charge in [-0.05, 0) is 6.42 Å². The lowest BCUT2D eigenvalue weighted by atomic mass is 10.3. The summed E-state index contributed by atoms with van der Waals surface area (Å²) in [5.41, 5.74) is 0. The molecule has 4 N–H and O–H groups in total. The first kappa shape index (κ1) is 10.8. The molecule has 0 radical (unpaired) electrons. The second-order valence-electron chi connectivity index (χ2n) is 2.19. The van der Waals surface area contributed by atoms with Crippen molar-refractivity contribution in [2.24, 2.45) is 0 Å². The second-order valence-corrected chi connectivity index (χ2v) is 2.19. The van der Waals surface area contributed by atoms with E-state index in [4.69, 9.17) is 20.4 Å². The minimum absolute atomic E-state index is 0.0487. The van der Waals surface area contributed by atoms with E-state index in [-0.39, 0.29) is 13.2 Å². The molecule has 0 amide bonds. The normalized spacial score (nSPS) is 12.0. The molecule has 0 aliphatic carbocycles. The summed E-state index contributed by atoms with van der Waals surface area (Å²) < 4.78 is 4.66. The molecule has 5 heteroatoms. The first-order chi connectivity index (χ1) is 5.18. The van der Waals surface area contributed by atoms with Gasteiger partial charge in [-0.2, -0.15) is 0 Å². The van der Waals surface area contributed by atoms with Crippen molar-refractivity contribution in [1.82, 2.24) is 0 Å². The molecule has 0 aliphatic rings. The Balaban J connectivity index is 3.51. The molecule has 0 rings (SSSR count). The Morgan fingerprint density at radius 3 is 2.00 bits per heavy atom. The Kier molecular flexibility index (Phi) is 5.35. The molecule has 0 aromatic heterocycles. The third kappa shape index (κ3) is 4.28. The summed E-state index contributed by atoms with van der Waals surface area (Å²) in [7, 11) is 0. The van der Waals surface area contributed by atoms with Crippen molar-refractivity contribution in [2.45, 2.75) is 12.2 Å². The van der Waals surface area contributed by atoms with Crippen LogP contribution in [-0.4, -0.2) is 52.6 Å². The van der Waals surface area contributed by atoms with Gasteiger partial charge in [0.2, 0.25) is 5.79 Å². The van der Waals surface area contributed by atoms with Gasteiger partial charge in [0.25, 0.3) is 0 Å². The number of ether oxygens (including phenoxy) is 1. The van der Waals surface area contributed by atoms with E-state index in [2.05, 4.69) is 4.74 Å². The highest BCUT2D eigenvalue weighted by atomic mass is 16.6. The third-order valence-electron chi connectivity index (χ3n) is 1.17. The van der Waals surface area contributed by atoms with Gasteiger partial charge in [0, 0.05) is 6.61 Å². The maximum atomic E-state index is 9.05. The summed E-state index contributed by atoms with van der Waals surface area (Å²) in [5, 5.41) is 34.3. The monoisotopic (exact) mass is 166 g/mol. The van der Waals surface area contributed by atoms with Gasteiger partial charge in [-0.3, -0.25) is 0 Å². The minimum Gasteiger partial charge on any atom is -0.396 e. The molecule has 0 atom stereocenters. The smallest absolute Gasteiger partial charge is 0.212 e. The molecule has 0 aromatic rings. The van der Waals surface area contributed by atoms with Gasteiger partial charge in [-0.25, -0.2) is 0 Å². The van der Waals surface area contributed by atoms with Crippen molar-refractivity contribution < 1.29 is 25.2 Å². The van der Waals surface area contributed by atoms with Crippen molar-refractivity contribution in [3.05, 3.63) is 0 Å². The molecule has 5 nitrogen and oxygen atoms in total. The molecular formula is C6H14O5. The van der Waals surface area contributed by atoms with Crippen molar-refractivity contribution in [3.8, 4) is 0 Å². The molecule has 0 bridgehead atoms. The van der Waals surface area contributed by atoms with E-state index < -0.39 is 19.0 Å². The van der Waals surface area contributed by atoms with E-state index in [0.29, 0.717) is 6.42 Å². The fourth-order valence-electron chi connectivity index (χ4n) is 0.468. The number of aliphatic hydroxyl groups excluding tert-OH is 3. The highest BCUT2D eigenvalue weighted by Crippen LogP contribution is 2.04. The summed E-state index contributed by atoms with van der Waals surface area (Å²) in [6, 6.07) is 0. The van der Waals surface area contributed by atoms with Gasteiger partial charge < -0.3 is 25.2 Å². The number of hydrogen-bond donors (Lipinski definition) is 4. The van der Waals surface area contributed by atoms with Crippen molar-refractivity contribution >= 4 is 0 Å². The maximum absolute atomic E-state index is 9.05. The van der Waals surface area contributed by atoms with Crippen LogP contribution in [0.3, 0.4) is 0 Å². The van der Waals surface area contributed by atoms with Crippen molar-refractivity contribution in [1.29, 1.82) is 0 Å². The van der Waals surface area contributed by atoms with Crippen molar-refractivity contribution in [3.63, 3.8) is 0 Å². The molecule has 0 spiro atoms. The molecule has 0 saturated heterocycles. The SMILES string of the molecule is OCCCOC(O)(CO)CO. The third-order valence-corrected chi connectivity index (χ3v) is 1.17. The van der Waals surface area contributed by atoms with Crippen LogP contribution in [0.4, 0.5) is 0 Å². The van der Waals surface area contributed by atoms with Crippen LogP contribution < -0.4 is 0 Å². The standard InChI is InChI=1S/C6H14O5/c7-2-1-3-11-6(10,4-8)5-9/h7-10H,1-5H2. The molecule has 0 heterocycles. The molecule has 0 aromatic carbocycles. The molecule has 68 valence electrons. The highest BCUT2D eigenvalue weighted by Gasteiger charge is 2.25. The quantitative estimate of drug-likeness (QED) is 0.272. The first-order valence-corrected chi connectivity index (χ1v) is 3.37. The maximum Gasteiger partial charge on any atom is 0.212 e. The molecule has 0 saturated carbocycles. The Morgan fingerprint density at radius 2 is 1.64 bits per heavy atom. The molecular weight excluding hydrogens is 152 g/mol. The summed E-state index contributed by atoms with van der Waals surface area (Å²) >= 11 is 0. The largest absolute Gasteiger partial charge is 0.396 e. The molecule has 0 fully saturated rings. The number of rotatable bonds is 6. The van der Waals surface area contributed by atoms with E-state index in [1.807, 2.05) is 0 Å². The van der Waals surface area contributed by atoms with Gasteiger partial charge in [-0.1, -0.05) is 0 Å². The van der Waals surface area contributed by atoms with Crippen LogP contribution in [0.15, 0.2) is 0 Å². The fraction of sp³-hybridized carbons (Fsp3) is 1.00. The number of hydrogen-bond acceptors (Lipinski definition) is 5.